The van der Waals surface area contributed by atoms with Crippen LogP contribution < -0.4 is 9.47 Å². The van der Waals surface area contributed by atoms with Crippen LogP contribution in [0.4, 0.5) is 0 Å². The number of carbonyl (C=O) groups is 2. The first-order valence-electron chi connectivity index (χ1n) is 18.5. The first kappa shape index (κ1) is 42.0. The Bertz CT molecular complexity index is 1110. The number of hydrogen-bond donors (Lipinski definition) is 0. The molecule has 3 atom stereocenters. The highest BCUT2D eigenvalue weighted by atomic mass is 16.5. The van der Waals surface area contributed by atoms with Crippen molar-refractivity contribution >= 4 is 11.9 Å². The molecule has 46 heavy (non-hydrogen) atoms. The summed E-state index contributed by atoms with van der Waals surface area (Å²) < 4.78 is 17.9. The molecule has 1 aliphatic rings. The molecule has 1 heterocycles. The molecule has 0 radical (unpaired) electrons. The molecule has 0 aliphatic carbocycles. The summed E-state index contributed by atoms with van der Waals surface area (Å²) in [7, 11) is 1.38. The smallest absolute Gasteiger partial charge is 0.316 e. The zero-order valence-corrected chi connectivity index (χ0v) is 32.8. The van der Waals surface area contributed by atoms with Gasteiger partial charge in [-0.05, 0) is 122 Å². The maximum atomic E-state index is 13.4. The van der Waals surface area contributed by atoms with Crippen LogP contribution in [-0.2, 0) is 20.7 Å². The lowest BCUT2D eigenvalue weighted by Crippen LogP contribution is -2.38. The molecule has 1 aromatic rings. The van der Waals surface area contributed by atoms with Gasteiger partial charge in [-0.1, -0.05) is 86.5 Å². The summed E-state index contributed by atoms with van der Waals surface area (Å²) in [5.41, 5.74) is 2.27. The second-order valence-electron chi connectivity index (χ2n) is 16.2. The molecular weight excluding hydrogens is 572 g/mol. The lowest BCUT2D eigenvalue weighted by atomic mass is 9.75. The normalized spacial score (nSPS) is 17.7. The summed E-state index contributed by atoms with van der Waals surface area (Å²) in [6.45, 7) is 29.2. The molecule has 2 rings (SSSR count). The van der Waals surface area contributed by atoms with E-state index in [0.717, 1.165) is 65.0 Å². The molecule has 0 saturated heterocycles. The van der Waals surface area contributed by atoms with Gasteiger partial charge in [-0.25, -0.2) is 0 Å². The van der Waals surface area contributed by atoms with Crippen molar-refractivity contribution in [2.75, 3.05) is 7.11 Å². The van der Waals surface area contributed by atoms with Crippen molar-refractivity contribution < 1.29 is 23.8 Å². The Labute approximate surface area is 284 Å². The van der Waals surface area contributed by atoms with Crippen molar-refractivity contribution in [3.63, 3.8) is 0 Å². The van der Waals surface area contributed by atoms with Gasteiger partial charge in [-0.2, -0.15) is 0 Å². The van der Waals surface area contributed by atoms with E-state index in [0.29, 0.717) is 12.2 Å². The van der Waals surface area contributed by atoms with Crippen molar-refractivity contribution in [2.45, 2.75) is 180 Å². The molecule has 0 saturated carbocycles. The third-order valence-electron chi connectivity index (χ3n) is 10.2. The summed E-state index contributed by atoms with van der Waals surface area (Å²) >= 11 is 0. The maximum Gasteiger partial charge on any atom is 0.316 e. The number of ether oxygens (including phenoxy) is 3. The Morgan fingerprint density at radius 3 is 1.80 bits per heavy atom. The predicted molar refractivity (Wildman–Crippen MR) is 194 cm³/mol. The van der Waals surface area contributed by atoms with E-state index in [9.17, 15) is 9.59 Å². The van der Waals surface area contributed by atoms with Crippen molar-refractivity contribution in [2.24, 2.45) is 28.6 Å². The molecule has 5 nitrogen and oxygen atoms in total. The fourth-order valence-corrected chi connectivity index (χ4v) is 7.17. The summed E-state index contributed by atoms with van der Waals surface area (Å²) in [6, 6.07) is 0. The number of carbonyl (C=O) groups excluding carboxylic acids is 2. The van der Waals surface area contributed by atoms with Crippen LogP contribution >= 0.6 is 0 Å². The van der Waals surface area contributed by atoms with Crippen molar-refractivity contribution in [1.82, 2.24) is 0 Å². The van der Waals surface area contributed by atoms with Gasteiger partial charge in [0.1, 0.15) is 17.1 Å². The number of hydrogen-bond acceptors (Lipinski definition) is 5. The molecule has 0 fully saturated rings. The van der Waals surface area contributed by atoms with Gasteiger partial charge >= 0.3 is 11.9 Å². The van der Waals surface area contributed by atoms with E-state index in [-0.39, 0.29) is 17.5 Å². The van der Waals surface area contributed by atoms with Crippen LogP contribution in [0.15, 0.2) is 0 Å². The zero-order valence-electron chi connectivity index (χ0n) is 32.8. The highest BCUT2D eigenvalue weighted by Gasteiger charge is 2.42. The fraction of sp³-hybridized carbons (Fsp3) is 0.805. The summed E-state index contributed by atoms with van der Waals surface area (Å²) in [4.78, 5) is 25.7. The second kappa shape index (κ2) is 18.5. The van der Waals surface area contributed by atoms with Crippen LogP contribution in [0.3, 0.4) is 0 Å². The summed E-state index contributed by atoms with van der Waals surface area (Å²) in [5, 5.41) is 0. The number of fused-ring (bicyclic) bond motifs is 1. The monoisotopic (exact) mass is 645 g/mol. The minimum absolute atomic E-state index is 0.180. The van der Waals surface area contributed by atoms with Crippen LogP contribution in [0.5, 0.6) is 11.5 Å². The fourth-order valence-electron chi connectivity index (χ4n) is 7.17. The Balaban J connectivity index is 0.00000518. The topological polar surface area (TPSA) is 61.8 Å². The molecule has 5 heteroatoms. The summed E-state index contributed by atoms with van der Waals surface area (Å²) in [5.74, 6) is 3.36. The van der Waals surface area contributed by atoms with Crippen molar-refractivity contribution in [1.29, 1.82) is 0 Å². The van der Waals surface area contributed by atoms with Gasteiger partial charge in [-0.15, -0.1) is 0 Å². The minimum atomic E-state index is -0.863. The van der Waals surface area contributed by atoms with Crippen LogP contribution in [0.2, 0.25) is 0 Å². The molecule has 0 aromatic heterocycles. The Kier molecular flexibility index (Phi) is 16.9. The molecular formula is C41H72O5. The predicted octanol–water partition coefficient (Wildman–Crippen LogP) is 11.7. The number of methoxy groups -OCH3 is 1. The van der Waals surface area contributed by atoms with E-state index in [2.05, 4.69) is 41.5 Å². The Hall–Kier alpha value is -2.04. The minimum Gasteiger partial charge on any atom is -0.487 e. The van der Waals surface area contributed by atoms with E-state index in [1.165, 1.54) is 58.5 Å². The van der Waals surface area contributed by atoms with Crippen LogP contribution in [0, 0.1) is 49.4 Å². The standard InChI is InChI=1S/C39H66O5.C2H6/c1-26(2)17-14-18-27(3)19-15-20-28(4)21-16-23-39(12)24-22-32-31(7)33(29(5)30(6)34(32)44-39)43-36(41)38(10,11)25-37(8,9)35(40)42-13;1-2/h26-28H,14-25H2,1-13H3;1-2H3/t27-,28-,39+;/m1./s1. The van der Waals surface area contributed by atoms with Gasteiger partial charge in [0.15, 0.2) is 0 Å². The van der Waals surface area contributed by atoms with Crippen LogP contribution in [0.25, 0.3) is 0 Å². The highest BCUT2D eigenvalue weighted by molar-refractivity contribution is 5.82. The van der Waals surface area contributed by atoms with E-state index in [1.54, 1.807) is 13.8 Å². The SMILES string of the molecule is CC.COC(=O)C(C)(C)CC(C)(C)C(=O)Oc1c(C)c(C)c2c(c1C)CC[C@](C)(CCC[C@H](C)CCC[C@H](C)CCCC(C)C)O2. The van der Waals surface area contributed by atoms with Gasteiger partial charge in [0, 0.05) is 5.56 Å². The third-order valence-corrected chi connectivity index (χ3v) is 10.2. The first-order chi connectivity index (χ1) is 21.3. The molecule has 0 unspecified atom stereocenters. The molecule has 0 N–H and O–H groups in total. The highest BCUT2D eigenvalue weighted by Crippen LogP contribution is 2.46. The number of rotatable bonds is 17. The lowest BCUT2D eigenvalue weighted by Gasteiger charge is -2.38. The number of benzene rings is 1. The number of esters is 2. The maximum absolute atomic E-state index is 13.4. The van der Waals surface area contributed by atoms with Crippen molar-refractivity contribution in [3.8, 4) is 11.5 Å². The average molecular weight is 645 g/mol. The van der Waals surface area contributed by atoms with E-state index < -0.39 is 10.8 Å². The van der Waals surface area contributed by atoms with Gasteiger partial charge < -0.3 is 14.2 Å². The Morgan fingerprint density at radius 2 is 1.28 bits per heavy atom. The average Bonchev–Trinajstić information content (AvgIpc) is 2.97. The van der Waals surface area contributed by atoms with Gasteiger partial charge in [0.25, 0.3) is 0 Å². The Morgan fingerprint density at radius 1 is 0.783 bits per heavy atom. The molecule has 1 aliphatic heterocycles. The molecule has 266 valence electrons. The molecule has 0 amide bonds. The van der Waals surface area contributed by atoms with E-state index in [1.807, 2.05) is 41.5 Å². The largest absolute Gasteiger partial charge is 0.487 e. The van der Waals surface area contributed by atoms with Crippen molar-refractivity contribution in [3.05, 3.63) is 22.3 Å². The third kappa shape index (κ3) is 12.2. The molecule has 0 bridgehead atoms. The van der Waals surface area contributed by atoms with Gasteiger partial charge in [-0.3, -0.25) is 9.59 Å². The zero-order chi connectivity index (χ0) is 35.5. The van der Waals surface area contributed by atoms with Gasteiger partial charge in [0.05, 0.1) is 17.9 Å². The summed E-state index contributed by atoms with van der Waals surface area (Å²) in [6.07, 6.45) is 13.8. The second-order valence-corrected chi connectivity index (χ2v) is 16.2. The van der Waals surface area contributed by atoms with Gasteiger partial charge in [0.2, 0.25) is 0 Å². The van der Waals surface area contributed by atoms with Crippen LogP contribution in [-0.4, -0.2) is 24.6 Å². The quantitative estimate of drug-likeness (QED) is 0.125. The molecule has 1 aromatic carbocycles. The first-order valence-corrected chi connectivity index (χ1v) is 18.5. The van der Waals surface area contributed by atoms with E-state index >= 15 is 0 Å². The lowest BCUT2D eigenvalue weighted by molar-refractivity contribution is -0.155. The molecule has 0 spiro atoms. The van der Waals surface area contributed by atoms with Crippen LogP contribution in [0.1, 0.15) is 169 Å². The van der Waals surface area contributed by atoms with E-state index in [4.69, 9.17) is 14.2 Å².